The van der Waals surface area contributed by atoms with Crippen LogP contribution < -0.4 is 11.1 Å². The fraction of sp³-hybridized carbons (Fsp3) is 0.571. The second-order valence-corrected chi connectivity index (χ2v) is 5.28. The first-order chi connectivity index (χ1) is 7.57. The molecule has 1 aromatic carbocycles. The zero-order valence-corrected chi connectivity index (χ0v) is 10.5. The molecule has 1 aliphatic rings. The molecule has 0 spiro atoms. The second-order valence-electron chi connectivity index (χ2n) is 5.28. The maximum absolute atomic E-state index is 6.27. The van der Waals surface area contributed by atoms with Crippen LogP contribution in [-0.2, 0) is 0 Å². The molecule has 0 bridgehead atoms. The van der Waals surface area contributed by atoms with Crippen molar-refractivity contribution in [2.45, 2.75) is 44.2 Å². The normalized spacial score (nSPS) is 19.8. The number of nitrogens with one attached hydrogen (secondary N) is 1. The first-order valence-electron chi connectivity index (χ1n) is 6.13. The van der Waals surface area contributed by atoms with Gasteiger partial charge in [0.25, 0.3) is 0 Å². The van der Waals surface area contributed by atoms with E-state index in [2.05, 4.69) is 43.4 Å². The van der Waals surface area contributed by atoms with Crippen LogP contribution in [0.4, 0.5) is 0 Å². The van der Waals surface area contributed by atoms with Crippen LogP contribution in [0.15, 0.2) is 24.3 Å². The van der Waals surface area contributed by atoms with Gasteiger partial charge in [-0.1, -0.05) is 38.1 Å². The fourth-order valence-electron chi connectivity index (χ4n) is 2.29. The Labute approximate surface area is 98.2 Å². The number of benzene rings is 1. The highest BCUT2D eigenvalue weighted by Crippen LogP contribution is 2.43. The van der Waals surface area contributed by atoms with Gasteiger partial charge in [0.2, 0.25) is 0 Å². The molecule has 1 aliphatic carbocycles. The highest BCUT2D eigenvalue weighted by molar-refractivity contribution is 5.30. The molecule has 2 nitrogen and oxygen atoms in total. The number of nitrogens with two attached hydrogens (primary N) is 1. The molecule has 88 valence electrons. The molecule has 3 N–H and O–H groups in total. The lowest BCUT2D eigenvalue weighted by molar-refractivity contribution is 0.461. The molecular formula is C14H22N2. The van der Waals surface area contributed by atoms with E-state index >= 15 is 0 Å². The van der Waals surface area contributed by atoms with E-state index in [9.17, 15) is 0 Å². The van der Waals surface area contributed by atoms with Crippen molar-refractivity contribution < 1.29 is 0 Å². The van der Waals surface area contributed by atoms with Crippen molar-refractivity contribution >= 4 is 0 Å². The molecular weight excluding hydrogens is 196 g/mol. The topological polar surface area (TPSA) is 38.0 Å². The first kappa shape index (κ1) is 11.6. The summed E-state index contributed by atoms with van der Waals surface area (Å²) < 4.78 is 0. The Bertz CT molecular complexity index is 350. The zero-order valence-electron chi connectivity index (χ0n) is 10.5. The van der Waals surface area contributed by atoms with E-state index in [0.717, 1.165) is 12.8 Å². The highest BCUT2D eigenvalue weighted by atomic mass is 15.0. The van der Waals surface area contributed by atoms with Gasteiger partial charge in [-0.3, -0.25) is 0 Å². The van der Waals surface area contributed by atoms with E-state index in [-0.39, 0.29) is 5.54 Å². The molecule has 1 unspecified atom stereocenters. The summed E-state index contributed by atoms with van der Waals surface area (Å²) in [5, 5.41) is 3.34. The van der Waals surface area contributed by atoms with E-state index < -0.39 is 0 Å². The summed E-state index contributed by atoms with van der Waals surface area (Å²) in [4.78, 5) is 0. The minimum absolute atomic E-state index is 0.00586. The summed E-state index contributed by atoms with van der Waals surface area (Å²) >= 11 is 0. The van der Waals surface area contributed by atoms with Gasteiger partial charge in [0.15, 0.2) is 0 Å². The standard InChI is InChI=1S/C14H22N2/c1-10(2)11-4-6-12(7-5-11)13(16-3)14(15)8-9-14/h4-7,10,13,16H,8-9,15H2,1-3H3. The molecule has 0 aliphatic heterocycles. The second kappa shape index (κ2) is 4.19. The summed E-state index contributed by atoms with van der Waals surface area (Å²) in [6, 6.07) is 9.16. The van der Waals surface area contributed by atoms with Crippen LogP contribution in [0.3, 0.4) is 0 Å². The summed E-state index contributed by atoms with van der Waals surface area (Å²) in [5.74, 6) is 0.592. The Morgan fingerprint density at radius 3 is 2.00 bits per heavy atom. The van der Waals surface area contributed by atoms with Crippen LogP contribution in [0.2, 0.25) is 0 Å². The van der Waals surface area contributed by atoms with Crippen LogP contribution in [0, 0.1) is 0 Å². The average molecular weight is 218 g/mol. The molecule has 0 amide bonds. The minimum Gasteiger partial charge on any atom is -0.323 e. The van der Waals surface area contributed by atoms with Crippen molar-refractivity contribution in [3.8, 4) is 0 Å². The summed E-state index contributed by atoms with van der Waals surface area (Å²) in [5.41, 5.74) is 8.96. The maximum Gasteiger partial charge on any atom is 0.0500 e. The molecule has 2 rings (SSSR count). The summed E-state index contributed by atoms with van der Waals surface area (Å²) in [6.07, 6.45) is 2.26. The van der Waals surface area contributed by atoms with Crippen LogP contribution >= 0.6 is 0 Å². The molecule has 0 saturated heterocycles. The predicted octanol–water partition coefficient (Wildman–Crippen LogP) is 2.56. The van der Waals surface area contributed by atoms with Gasteiger partial charge < -0.3 is 11.1 Å². The van der Waals surface area contributed by atoms with Crippen LogP contribution in [-0.4, -0.2) is 12.6 Å². The lowest BCUT2D eigenvalue weighted by Crippen LogP contribution is -2.38. The van der Waals surface area contributed by atoms with E-state index in [1.165, 1.54) is 11.1 Å². The van der Waals surface area contributed by atoms with Crippen LogP contribution in [0.1, 0.15) is 49.8 Å². The third kappa shape index (κ3) is 2.13. The number of hydrogen-bond donors (Lipinski definition) is 2. The molecule has 2 heteroatoms. The Kier molecular flexibility index (Phi) is 3.04. The average Bonchev–Trinajstić information content (AvgIpc) is 2.99. The monoisotopic (exact) mass is 218 g/mol. The van der Waals surface area contributed by atoms with Crippen LogP contribution in [0.25, 0.3) is 0 Å². The molecule has 0 heterocycles. The third-order valence-electron chi connectivity index (χ3n) is 3.63. The Balaban J connectivity index is 2.20. The fourth-order valence-corrected chi connectivity index (χ4v) is 2.29. The smallest absolute Gasteiger partial charge is 0.0500 e. The molecule has 1 aromatic rings. The van der Waals surface area contributed by atoms with Crippen LogP contribution in [0.5, 0.6) is 0 Å². The maximum atomic E-state index is 6.27. The van der Waals surface area contributed by atoms with Crippen molar-refractivity contribution in [3.05, 3.63) is 35.4 Å². The Morgan fingerprint density at radius 1 is 1.12 bits per heavy atom. The molecule has 0 radical (unpaired) electrons. The van der Waals surface area contributed by atoms with Gasteiger partial charge in [-0.05, 0) is 36.9 Å². The SMILES string of the molecule is CNC(c1ccc(C(C)C)cc1)C1(N)CC1. The van der Waals surface area contributed by atoms with Crippen molar-refractivity contribution in [2.75, 3.05) is 7.05 Å². The molecule has 0 aromatic heterocycles. The van der Waals surface area contributed by atoms with Gasteiger partial charge in [-0.25, -0.2) is 0 Å². The molecule has 1 fully saturated rings. The van der Waals surface area contributed by atoms with Gasteiger partial charge >= 0.3 is 0 Å². The lowest BCUT2D eigenvalue weighted by atomic mass is 9.95. The van der Waals surface area contributed by atoms with E-state index in [4.69, 9.17) is 5.73 Å². The van der Waals surface area contributed by atoms with Crippen molar-refractivity contribution in [3.63, 3.8) is 0 Å². The van der Waals surface area contributed by atoms with Crippen molar-refractivity contribution in [1.29, 1.82) is 0 Å². The van der Waals surface area contributed by atoms with Gasteiger partial charge in [0, 0.05) is 5.54 Å². The van der Waals surface area contributed by atoms with Gasteiger partial charge in [-0.2, -0.15) is 0 Å². The Hall–Kier alpha value is -0.860. The van der Waals surface area contributed by atoms with E-state index in [1.807, 2.05) is 7.05 Å². The van der Waals surface area contributed by atoms with Gasteiger partial charge in [0.1, 0.15) is 0 Å². The Morgan fingerprint density at radius 2 is 1.62 bits per heavy atom. The molecule has 16 heavy (non-hydrogen) atoms. The van der Waals surface area contributed by atoms with E-state index in [0.29, 0.717) is 12.0 Å². The quantitative estimate of drug-likeness (QED) is 0.815. The minimum atomic E-state index is -0.00586. The van der Waals surface area contributed by atoms with Gasteiger partial charge in [0.05, 0.1) is 6.04 Å². The zero-order chi connectivity index (χ0) is 11.8. The lowest BCUT2D eigenvalue weighted by Gasteiger charge is -2.23. The molecule has 1 atom stereocenters. The number of rotatable bonds is 4. The third-order valence-corrected chi connectivity index (χ3v) is 3.63. The van der Waals surface area contributed by atoms with Crippen molar-refractivity contribution in [1.82, 2.24) is 5.32 Å². The first-order valence-corrected chi connectivity index (χ1v) is 6.13. The summed E-state index contributed by atoms with van der Waals surface area (Å²) in [7, 11) is 1.99. The number of likely N-dealkylation sites (N-methyl/N-ethyl adjacent to an activating group) is 1. The number of hydrogen-bond acceptors (Lipinski definition) is 2. The summed E-state index contributed by atoms with van der Waals surface area (Å²) in [6.45, 7) is 4.44. The predicted molar refractivity (Wildman–Crippen MR) is 68.5 cm³/mol. The van der Waals surface area contributed by atoms with Crippen molar-refractivity contribution in [2.24, 2.45) is 5.73 Å². The highest BCUT2D eigenvalue weighted by Gasteiger charge is 2.45. The van der Waals surface area contributed by atoms with Gasteiger partial charge in [-0.15, -0.1) is 0 Å². The molecule has 1 saturated carbocycles. The van der Waals surface area contributed by atoms with E-state index in [1.54, 1.807) is 0 Å². The largest absolute Gasteiger partial charge is 0.323 e.